The minimum absolute atomic E-state index is 0.178. The molecule has 1 amide bonds. The zero-order chi connectivity index (χ0) is 27.9. The van der Waals surface area contributed by atoms with Crippen LogP contribution in [0, 0.1) is 25.6 Å². The Kier molecular flexibility index (Phi) is 7.45. The van der Waals surface area contributed by atoms with E-state index in [4.69, 9.17) is 16.3 Å². The number of aliphatic carboxylic acids is 1. The van der Waals surface area contributed by atoms with Crippen molar-refractivity contribution in [1.82, 2.24) is 14.7 Å². The van der Waals surface area contributed by atoms with E-state index in [0.717, 1.165) is 5.56 Å². The number of ketones is 1. The highest BCUT2D eigenvalue weighted by Gasteiger charge is 2.65. The van der Waals surface area contributed by atoms with Crippen LogP contribution in [0.5, 0.6) is 0 Å². The molecule has 4 atom stereocenters. The number of carbonyl (C=O) groups excluding carboxylic acids is 2. The van der Waals surface area contributed by atoms with Gasteiger partial charge in [-0.15, -0.1) is 0 Å². The number of hydrogen-bond donors (Lipinski definition) is 1. The third-order valence-corrected chi connectivity index (χ3v) is 7.83. The fourth-order valence-electron chi connectivity index (χ4n) is 5.75. The Hall–Kier alpha value is -3.56. The number of nitrogens with zero attached hydrogens (tertiary/aromatic N) is 3. The quantitative estimate of drug-likeness (QED) is 0.442. The van der Waals surface area contributed by atoms with Crippen molar-refractivity contribution in [3.63, 3.8) is 0 Å². The van der Waals surface area contributed by atoms with Gasteiger partial charge < -0.3 is 14.7 Å². The number of Topliss-reactive ketones (excluding diaryl/α,β-unsaturated/α-hetero) is 1. The summed E-state index contributed by atoms with van der Waals surface area (Å²) in [4.78, 5) is 42.4. The lowest BCUT2D eigenvalue weighted by Gasteiger charge is -2.37. The highest BCUT2D eigenvalue weighted by atomic mass is 35.5. The van der Waals surface area contributed by atoms with Crippen LogP contribution in [0.2, 0.25) is 5.15 Å². The van der Waals surface area contributed by atoms with Crippen LogP contribution in [0.15, 0.2) is 48.5 Å². The van der Waals surface area contributed by atoms with Crippen LogP contribution in [0.4, 0.5) is 4.39 Å². The predicted octanol–water partition coefficient (Wildman–Crippen LogP) is 4.49. The number of rotatable bonds is 7. The molecule has 1 N–H and O–H groups in total. The maximum absolute atomic E-state index is 14.4. The molecule has 200 valence electrons. The number of halogens is 2. The number of ether oxygens (including phenoxy) is 1. The van der Waals surface area contributed by atoms with Crippen LogP contribution in [-0.2, 0) is 21.4 Å². The van der Waals surface area contributed by atoms with Gasteiger partial charge in [-0.1, -0.05) is 47.5 Å². The van der Waals surface area contributed by atoms with Crippen molar-refractivity contribution in [2.24, 2.45) is 13.0 Å². The maximum Gasteiger partial charge on any atom is 0.330 e. The molecule has 2 heterocycles. The third-order valence-electron chi connectivity index (χ3n) is 7.38. The molecule has 4 rings (SSSR count). The summed E-state index contributed by atoms with van der Waals surface area (Å²) in [5, 5.41) is 15.3. The van der Waals surface area contributed by atoms with E-state index in [9.17, 15) is 23.9 Å². The van der Waals surface area contributed by atoms with Gasteiger partial charge in [0.2, 0.25) is 5.91 Å². The van der Waals surface area contributed by atoms with Gasteiger partial charge in [-0.05, 0) is 44.5 Å². The number of likely N-dealkylation sites (tertiary alicyclic amines) is 1. The molecule has 1 saturated heterocycles. The van der Waals surface area contributed by atoms with Crippen LogP contribution >= 0.6 is 11.6 Å². The highest BCUT2D eigenvalue weighted by molar-refractivity contribution is 6.30. The largest absolute Gasteiger partial charge is 0.479 e. The smallest absolute Gasteiger partial charge is 0.330 e. The van der Waals surface area contributed by atoms with Crippen LogP contribution in [0.3, 0.4) is 0 Å². The molecule has 0 bridgehead atoms. The van der Waals surface area contributed by atoms with E-state index in [0.29, 0.717) is 22.4 Å². The van der Waals surface area contributed by atoms with E-state index in [-0.39, 0.29) is 10.9 Å². The van der Waals surface area contributed by atoms with Gasteiger partial charge in [0, 0.05) is 31.2 Å². The lowest BCUT2D eigenvalue weighted by Crippen LogP contribution is -2.55. The summed E-state index contributed by atoms with van der Waals surface area (Å²) in [5.74, 6) is -4.99. The molecule has 4 unspecified atom stereocenters. The zero-order valence-corrected chi connectivity index (χ0v) is 22.5. The Morgan fingerprint density at radius 1 is 1.16 bits per heavy atom. The number of carbonyl (C=O) groups is 3. The molecule has 1 aromatic heterocycles. The molecule has 0 spiro atoms. The highest BCUT2D eigenvalue weighted by Crippen LogP contribution is 2.57. The molecule has 1 aliphatic heterocycles. The average molecular weight is 542 g/mol. The SMILES string of the molecule is COCC(=O)N1C(c2c(C)nn(C)c2Cl)C(C(=O)c2cccc(C)c2)C(c2ccc(F)cc2)C1(C)C(=O)O. The van der Waals surface area contributed by atoms with Gasteiger partial charge in [-0.2, -0.15) is 5.10 Å². The van der Waals surface area contributed by atoms with Gasteiger partial charge in [0.05, 0.1) is 17.7 Å². The Bertz CT molecular complexity index is 1410. The second-order valence-electron chi connectivity index (χ2n) is 9.80. The average Bonchev–Trinajstić information content (AvgIpc) is 3.28. The number of carboxylic acids is 1. The van der Waals surface area contributed by atoms with Gasteiger partial charge in [-0.3, -0.25) is 14.3 Å². The minimum atomic E-state index is -1.92. The summed E-state index contributed by atoms with van der Waals surface area (Å²) in [6.07, 6.45) is 0. The van der Waals surface area contributed by atoms with Crippen molar-refractivity contribution in [2.45, 2.75) is 38.3 Å². The van der Waals surface area contributed by atoms with Crippen molar-refractivity contribution in [3.05, 3.63) is 87.4 Å². The first-order valence-corrected chi connectivity index (χ1v) is 12.4. The summed E-state index contributed by atoms with van der Waals surface area (Å²) in [7, 11) is 2.95. The van der Waals surface area contributed by atoms with Gasteiger partial charge >= 0.3 is 5.97 Å². The monoisotopic (exact) mass is 541 g/mol. The van der Waals surface area contributed by atoms with Crippen LogP contribution in [-0.4, -0.2) is 56.7 Å². The predicted molar refractivity (Wildman–Crippen MR) is 139 cm³/mol. The van der Waals surface area contributed by atoms with Gasteiger partial charge in [0.1, 0.15) is 23.1 Å². The molecule has 8 nitrogen and oxygen atoms in total. The van der Waals surface area contributed by atoms with E-state index in [1.807, 2.05) is 13.0 Å². The second kappa shape index (κ2) is 10.3. The zero-order valence-electron chi connectivity index (χ0n) is 21.7. The summed E-state index contributed by atoms with van der Waals surface area (Å²) in [6.45, 7) is 4.53. The van der Waals surface area contributed by atoms with E-state index in [2.05, 4.69) is 5.10 Å². The van der Waals surface area contributed by atoms with Crippen molar-refractivity contribution in [1.29, 1.82) is 0 Å². The minimum Gasteiger partial charge on any atom is -0.479 e. The molecule has 0 aliphatic carbocycles. The Morgan fingerprint density at radius 3 is 2.34 bits per heavy atom. The Balaban J connectivity index is 2.10. The molecular weight excluding hydrogens is 513 g/mol. The van der Waals surface area contributed by atoms with Crippen LogP contribution in [0.25, 0.3) is 0 Å². The first-order chi connectivity index (χ1) is 17.9. The number of aromatic nitrogens is 2. The lowest BCUT2D eigenvalue weighted by atomic mass is 9.71. The van der Waals surface area contributed by atoms with E-state index >= 15 is 0 Å². The van der Waals surface area contributed by atoms with Crippen molar-refractivity contribution in [3.8, 4) is 0 Å². The Morgan fingerprint density at radius 2 is 1.82 bits per heavy atom. The number of aryl methyl sites for hydroxylation is 3. The topological polar surface area (TPSA) is 102 Å². The molecule has 38 heavy (non-hydrogen) atoms. The molecule has 1 aliphatic rings. The molecule has 10 heteroatoms. The molecule has 1 fully saturated rings. The van der Waals surface area contributed by atoms with Crippen LogP contribution < -0.4 is 0 Å². The number of benzene rings is 2. The lowest BCUT2D eigenvalue weighted by molar-refractivity contribution is -0.159. The maximum atomic E-state index is 14.4. The number of amides is 1. The summed E-state index contributed by atoms with van der Waals surface area (Å²) in [5.41, 5.74) is 0.506. The molecule has 0 saturated carbocycles. The van der Waals surface area contributed by atoms with Gasteiger partial charge in [0.15, 0.2) is 5.78 Å². The first-order valence-electron chi connectivity index (χ1n) is 12.0. The normalized spacial score (nSPS) is 23.0. The van der Waals surface area contributed by atoms with E-state index < -0.39 is 47.7 Å². The van der Waals surface area contributed by atoms with Gasteiger partial charge in [-0.25, -0.2) is 9.18 Å². The fourth-order valence-corrected chi connectivity index (χ4v) is 6.04. The summed E-state index contributed by atoms with van der Waals surface area (Å²) >= 11 is 6.69. The molecule has 2 aromatic carbocycles. The van der Waals surface area contributed by atoms with Crippen molar-refractivity contribution < 1.29 is 28.6 Å². The summed E-state index contributed by atoms with van der Waals surface area (Å²) < 4.78 is 20.5. The number of hydrogen-bond acceptors (Lipinski definition) is 5. The molecule has 3 aromatic rings. The standard InChI is InChI=1S/C28H29ClFN3O5/c1-15-7-6-8-18(13-15)25(35)22-23(17-9-11-19(30)12-10-17)28(3,27(36)37)33(20(34)14-38-5)24(22)21-16(2)31-32(4)26(21)29/h6-13,22-24H,14H2,1-5H3,(H,36,37). The third kappa shape index (κ3) is 4.39. The van der Waals surface area contributed by atoms with E-state index in [1.54, 1.807) is 32.2 Å². The molecule has 0 radical (unpaired) electrons. The summed E-state index contributed by atoms with van der Waals surface area (Å²) in [6, 6.07) is 11.2. The van der Waals surface area contributed by atoms with Crippen molar-refractivity contribution >= 4 is 29.3 Å². The van der Waals surface area contributed by atoms with E-state index in [1.165, 1.54) is 47.9 Å². The first kappa shape index (κ1) is 27.5. The number of carboxylic acid groups (broad SMARTS) is 1. The van der Waals surface area contributed by atoms with Crippen molar-refractivity contribution in [2.75, 3.05) is 13.7 Å². The van der Waals surface area contributed by atoms with Crippen LogP contribution in [0.1, 0.15) is 51.6 Å². The Labute approximate surface area is 225 Å². The second-order valence-corrected chi connectivity index (χ2v) is 10.2. The van der Waals surface area contributed by atoms with Gasteiger partial charge in [0.25, 0.3) is 0 Å². The number of methoxy groups -OCH3 is 1. The fraction of sp³-hybridized carbons (Fsp3) is 0.357. The molecular formula is C28H29ClFN3O5.